The molecule has 2 aromatic carbocycles. The second-order valence-electron chi connectivity index (χ2n) is 5.76. The number of hydrogen-bond acceptors (Lipinski definition) is 2. The zero-order valence-corrected chi connectivity index (χ0v) is 12.3. The normalized spacial score (nSPS) is 17.8. The summed E-state index contributed by atoms with van der Waals surface area (Å²) >= 11 is 0. The number of nitrogens with two attached hydrogens (primary N) is 1. The van der Waals surface area contributed by atoms with Gasteiger partial charge in [-0.2, -0.15) is 0 Å². The molecule has 0 aromatic heterocycles. The summed E-state index contributed by atoms with van der Waals surface area (Å²) in [6, 6.07) is 14.2. The van der Waals surface area contributed by atoms with Crippen molar-refractivity contribution in [2.75, 3.05) is 39.3 Å². The Hall–Kier alpha value is -1.62. The first-order valence-electron chi connectivity index (χ1n) is 7.77. The number of quaternary nitrogens is 2. The van der Waals surface area contributed by atoms with E-state index in [-0.39, 0.29) is 0 Å². The fourth-order valence-corrected chi connectivity index (χ4v) is 2.99. The summed E-state index contributed by atoms with van der Waals surface area (Å²) in [5.74, 6) is 0.856. The smallest absolute Gasteiger partial charge is 0.137 e. The number of fused-ring (bicyclic) bond motifs is 1. The second kappa shape index (κ2) is 6.89. The predicted octanol–water partition coefficient (Wildman–Crippen LogP) is -0.959. The van der Waals surface area contributed by atoms with Crippen LogP contribution < -0.4 is 15.0 Å². The zero-order chi connectivity index (χ0) is 14.5. The highest BCUT2D eigenvalue weighted by Crippen LogP contribution is 2.25. The number of rotatable bonds is 5. The van der Waals surface area contributed by atoms with E-state index >= 15 is 0 Å². The molecule has 0 radical (unpaired) electrons. The molecular weight excluding hydrogens is 264 g/mol. The Balaban J connectivity index is 1.58. The number of ether oxygens (including phenoxy) is 1. The van der Waals surface area contributed by atoms with E-state index in [4.69, 9.17) is 4.74 Å². The second-order valence-corrected chi connectivity index (χ2v) is 5.76. The summed E-state index contributed by atoms with van der Waals surface area (Å²) < 4.78 is 5.85. The van der Waals surface area contributed by atoms with Crippen LogP contribution >= 0.6 is 0 Å². The van der Waals surface area contributed by atoms with Crippen LogP contribution in [0.3, 0.4) is 0 Å². The van der Waals surface area contributed by atoms with Crippen LogP contribution in [0.25, 0.3) is 10.8 Å². The highest BCUT2D eigenvalue weighted by atomic mass is 16.5. The number of aliphatic hydroxyl groups excluding tert-OH is 1. The van der Waals surface area contributed by atoms with Gasteiger partial charge in [0.25, 0.3) is 0 Å². The van der Waals surface area contributed by atoms with Gasteiger partial charge in [0.1, 0.15) is 51.2 Å². The van der Waals surface area contributed by atoms with E-state index < -0.39 is 6.10 Å². The Morgan fingerprint density at radius 1 is 1.10 bits per heavy atom. The van der Waals surface area contributed by atoms with Gasteiger partial charge in [0.2, 0.25) is 0 Å². The third-order valence-corrected chi connectivity index (χ3v) is 4.11. The van der Waals surface area contributed by atoms with Gasteiger partial charge in [-0.15, -0.1) is 0 Å². The lowest BCUT2D eigenvalue weighted by Crippen LogP contribution is -3.21. The molecule has 0 bridgehead atoms. The molecule has 1 atom stereocenters. The van der Waals surface area contributed by atoms with Crippen molar-refractivity contribution < 1.29 is 20.1 Å². The fourth-order valence-electron chi connectivity index (χ4n) is 2.99. The summed E-state index contributed by atoms with van der Waals surface area (Å²) in [5, 5.41) is 14.8. The van der Waals surface area contributed by atoms with Crippen molar-refractivity contribution in [3.8, 4) is 5.75 Å². The average molecular weight is 288 g/mol. The lowest BCUT2D eigenvalue weighted by atomic mass is 10.1. The SMILES string of the molecule is O[C@H](COc1cccc2ccccc12)C[NH+]1CC[NH2+]CC1. The standard InChI is InChI=1S/C17H22N2O2/c20-15(12-19-10-8-18-9-11-19)13-21-17-7-3-5-14-4-1-2-6-16(14)17/h1-7,15,18,20H,8-13H2/p+2/t15-/m0/s1. The number of nitrogens with one attached hydrogen (secondary N) is 1. The molecule has 1 aliphatic rings. The van der Waals surface area contributed by atoms with E-state index in [1.54, 1.807) is 0 Å². The molecule has 4 nitrogen and oxygen atoms in total. The molecule has 4 heteroatoms. The van der Waals surface area contributed by atoms with Gasteiger partial charge in [-0.25, -0.2) is 0 Å². The van der Waals surface area contributed by atoms with Crippen molar-refractivity contribution in [2.45, 2.75) is 6.10 Å². The van der Waals surface area contributed by atoms with Crippen LogP contribution in [0.2, 0.25) is 0 Å². The van der Waals surface area contributed by atoms with E-state index in [0.717, 1.165) is 43.9 Å². The summed E-state index contributed by atoms with van der Waals surface area (Å²) in [5.41, 5.74) is 0. The topological polar surface area (TPSA) is 50.5 Å². The Morgan fingerprint density at radius 3 is 2.71 bits per heavy atom. The zero-order valence-electron chi connectivity index (χ0n) is 12.3. The van der Waals surface area contributed by atoms with Gasteiger partial charge in [-0.1, -0.05) is 36.4 Å². The van der Waals surface area contributed by atoms with Crippen molar-refractivity contribution in [1.82, 2.24) is 0 Å². The largest absolute Gasteiger partial charge is 0.490 e. The Bertz CT molecular complexity index is 577. The molecule has 3 rings (SSSR count). The van der Waals surface area contributed by atoms with Gasteiger partial charge in [-0.05, 0) is 11.5 Å². The maximum atomic E-state index is 10.2. The van der Waals surface area contributed by atoms with Gasteiger partial charge in [-0.3, -0.25) is 0 Å². The van der Waals surface area contributed by atoms with E-state index in [2.05, 4.69) is 23.5 Å². The number of hydrogen-bond donors (Lipinski definition) is 3. The van der Waals surface area contributed by atoms with Crippen LogP contribution in [-0.2, 0) is 0 Å². The highest BCUT2D eigenvalue weighted by molar-refractivity contribution is 5.88. The Kier molecular flexibility index (Phi) is 4.70. The quantitative estimate of drug-likeness (QED) is 0.664. The lowest BCUT2D eigenvalue weighted by molar-refractivity contribution is -0.949. The molecule has 0 spiro atoms. The van der Waals surface area contributed by atoms with Crippen molar-refractivity contribution >= 4 is 10.8 Å². The summed E-state index contributed by atoms with van der Waals surface area (Å²) in [6.45, 7) is 5.72. The third kappa shape index (κ3) is 3.73. The fraction of sp³-hybridized carbons (Fsp3) is 0.412. The number of piperazine rings is 1. The van der Waals surface area contributed by atoms with Crippen molar-refractivity contribution in [1.29, 1.82) is 0 Å². The van der Waals surface area contributed by atoms with E-state index in [0.29, 0.717) is 6.61 Å². The minimum atomic E-state index is -0.405. The minimum absolute atomic E-state index is 0.362. The molecule has 1 aliphatic heterocycles. The molecule has 0 saturated carbocycles. The molecule has 0 amide bonds. The van der Waals surface area contributed by atoms with Gasteiger partial charge < -0.3 is 20.1 Å². The predicted molar refractivity (Wildman–Crippen MR) is 82.7 cm³/mol. The monoisotopic (exact) mass is 288 g/mol. The van der Waals surface area contributed by atoms with Gasteiger partial charge in [0.05, 0.1) is 0 Å². The van der Waals surface area contributed by atoms with Crippen LogP contribution in [-0.4, -0.2) is 50.5 Å². The van der Waals surface area contributed by atoms with E-state index in [9.17, 15) is 5.11 Å². The maximum Gasteiger partial charge on any atom is 0.137 e. The lowest BCUT2D eigenvalue weighted by Gasteiger charge is -2.24. The molecule has 1 fully saturated rings. The highest BCUT2D eigenvalue weighted by Gasteiger charge is 2.19. The van der Waals surface area contributed by atoms with E-state index in [1.807, 2.05) is 24.3 Å². The van der Waals surface area contributed by atoms with E-state index in [1.165, 1.54) is 10.3 Å². The summed E-state index contributed by atoms with van der Waals surface area (Å²) in [6.07, 6.45) is -0.405. The molecule has 21 heavy (non-hydrogen) atoms. The molecule has 4 N–H and O–H groups in total. The van der Waals surface area contributed by atoms with Crippen molar-refractivity contribution in [3.05, 3.63) is 42.5 Å². The molecule has 0 unspecified atom stereocenters. The first kappa shape index (κ1) is 14.3. The summed E-state index contributed by atoms with van der Waals surface area (Å²) in [4.78, 5) is 1.48. The molecule has 1 heterocycles. The minimum Gasteiger partial charge on any atom is -0.490 e. The first-order chi connectivity index (χ1) is 10.3. The Labute approximate surface area is 125 Å². The number of aliphatic hydroxyl groups is 1. The first-order valence-corrected chi connectivity index (χ1v) is 7.77. The molecule has 112 valence electrons. The molecule has 1 saturated heterocycles. The third-order valence-electron chi connectivity index (χ3n) is 4.11. The van der Waals surface area contributed by atoms with Crippen molar-refractivity contribution in [3.63, 3.8) is 0 Å². The van der Waals surface area contributed by atoms with Crippen LogP contribution in [0.1, 0.15) is 0 Å². The van der Waals surface area contributed by atoms with Crippen LogP contribution in [0.4, 0.5) is 0 Å². The Morgan fingerprint density at radius 2 is 1.86 bits per heavy atom. The number of benzene rings is 2. The van der Waals surface area contributed by atoms with Crippen molar-refractivity contribution in [2.24, 2.45) is 0 Å². The summed E-state index contributed by atoms with van der Waals surface area (Å²) in [7, 11) is 0. The molecule has 0 aliphatic carbocycles. The van der Waals surface area contributed by atoms with Gasteiger partial charge in [0, 0.05) is 5.39 Å². The van der Waals surface area contributed by atoms with Crippen LogP contribution in [0.15, 0.2) is 42.5 Å². The van der Waals surface area contributed by atoms with Crippen LogP contribution in [0, 0.1) is 0 Å². The average Bonchev–Trinajstić information content (AvgIpc) is 2.54. The van der Waals surface area contributed by atoms with Gasteiger partial charge >= 0.3 is 0 Å². The molecular formula is C17H24N2O2+2. The maximum absolute atomic E-state index is 10.2. The van der Waals surface area contributed by atoms with Crippen LogP contribution in [0.5, 0.6) is 5.75 Å². The molecule has 2 aromatic rings. The van der Waals surface area contributed by atoms with Gasteiger partial charge in [0.15, 0.2) is 0 Å².